The third-order valence-electron chi connectivity index (χ3n) is 3.17. The number of hydrogen-bond acceptors (Lipinski definition) is 3. The molecule has 19 heavy (non-hydrogen) atoms. The predicted octanol–water partition coefficient (Wildman–Crippen LogP) is 1.93. The Kier molecular flexibility index (Phi) is 4.85. The SMILES string of the molecule is CC(NCCCC(=O)NC1CC1)c1ccc(F)cn1. The van der Waals surface area contributed by atoms with Crippen LogP contribution in [-0.4, -0.2) is 23.5 Å². The molecular formula is C14H20FN3O. The van der Waals surface area contributed by atoms with E-state index in [0.717, 1.165) is 31.5 Å². The Hall–Kier alpha value is -1.49. The van der Waals surface area contributed by atoms with Gasteiger partial charge in [-0.1, -0.05) is 0 Å². The van der Waals surface area contributed by atoms with Crippen molar-refractivity contribution >= 4 is 5.91 Å². The molecule has 1 aliphatic carbocycles. The predicted molar refractivity (Wildman–Crippen MR) is 71.0 cm³/mol. The number of rotatable bonds is 7. The average molecular weight is 265 g/mol. The molecule has 1 fully saturated rings. The van der Waals surface area contributed by atoms with Crippen molar-refractivity contribution in [1.29, 1.82) is 0 Å². The molecular weight excluding hydrogens is 245 g/mol. The fraction of sp³-hybridized carbons (Fsp3) is 0.571. The minimum Gasteiger partial charge on any atom is -0.353 e. The Balaban J connectivity index is 1.61. The van der Waals surface area contributed by atoms with Crippen LogP contribution in [0.3, 0.4) is 0 Å². The Bertz CT molecular complexity index is 417. The van der Waals surface area contributed by atoms with Crippen LogP contribution in [0.25, 0.3) is 0 Å². The molecule has 0 spiro atoms. The first kappa shape index (κ1) is 13.9. The lowest BCUT2D eigenvalue weighted by Gasteiger charge is -2.13. The van der Waals surface area contributed by atoms with Gasteiger partial charge in [0.25, 0.3) is 0 Å². The molecule has 1 saturated carbocycles. The zero-order valence-corrected chi connectivity index (χ0v) is 11.2. The largest absolute Gasteiger partial charge is 0.353 e. The van der Waals surface area contributed by atoms with Crippen molar-refractivity contribution < 1.29 is 9.18 Å². The molecule has 2 N–H and O–H groups in total. The summed E-state index contributed by atoms with van der Waals surface area (Å²) < 4.78 is 12.7. The molecule has 1 atom stereocenters. The highest BCUT2D eigenvalue weighted by atomic mass is 19.1. The van der Waals surface area contributed by atoms with Crippen molar-refractivity contribution in [2.75, 3.05) is 6.54 Å². The highest BCUT2D eigenvalue weighted by Crippen LogP contribution is 2.18. The third kappa shape index (κ3) is 4.95. The Morgan fingerprint density at radius 2 is 2.32 bits per heavy atom. The van der Waals surface area contributed by atoms with Gasteiger partial charge >= 0.3 is 0 Å². The first-order chi connectivity index (χ1) is 9.15. The molecule has 0 saturated heterocycles. The lowest BCUT2D eigenvalue weighted by atomic mass is 10.2. The number of halogens is 1. The third-order valence-corrected chi connectivity index (χ3v) is 3.17. The van der Waals surface area contributed by atoms with Crippen LogP contribution in [0.4, 0.5) is 4.39 Å². The van der Waals surface area contributed by atoms with Crippen LogP contribution >= 0.6 is 0 Å². The maximum atomic E-state index is 12.7. The molecule has 0 radical (unpaired) electrons. The van der Waals surface area contributed by atoms with Crippen molar-refractivity contribution in [1.82, 2.24) is 15.6 Å². The zero-order chi connectivity index (χ0) is 13.7. The maximum Gasteiger partial charge on any atom is 0.220 e. The number of carbonyl (C=O) groups is 1. The van der Waals surface area contributed by atoms with E-state index in [-0.39, 0.29) is 17.8 Å². The molecule has 1 aliphatic rings. The summed E-state index contributed by atoms with van der Waals surface area (Å²) in [6.07, 6.45) is 4.81. The van der Waals surface area contributed by atoms with Crippen LogP contribution in [-0.2, 0) is 4.79 Å². The molecule has 1 unspecified atom stereocenters. The molecule has 0 aromatic carbocycles. The summed E-state index contributed by atoms with van der Waals surface area (Å²) in [4.78, 5) is 15.5. The van der Waals surface area contributed by atoms with Crippen molar-refractivity contribution in [3.05, 3.63) is 29.8 Å². The van der Waals surface area contributed by atoms with Crippen LogP contribution in [0.15, 0.2) is 18.3 Å². The molecule has 2 rings (SSSR count). The molecule has 0 bridgehead atoms. The first-order valence-corrected chi connectivity index (χ1v) is 6.79. The Morgan fingerprint density at radius 3 is 2.95 bits per heavy atom. The second-order valence-corrected chi connectivity index (χ2v) is 5.02. The van der Waals surface area contributed by atoms with Gasteiger partial charge < -0.3 is 10.6 Å². The first-order valence-electron chi connectivity index (χ1n) is 6.79. The number of pyridine rings is 1. The van der Waals surface area contributed by atoms with Gasteiger partial charge in [-0.05, 0) is 44.9 Å². The summed E-state index contributed by atoms with van der Waals surface area (Å²) >= 11 is 0. The van der Waals surface area contributed by atoms with Gasteiger partial charge in [0.1, 0.15) is 5.82 Å². The molecule has 1 aromatic rings. The Morgan fingerprint density at radius 1 is 1.53 bits per heavy atom. The molecule has 104 valence electrons. The number of nitrogens with zero attached hydrogens (tertiary/aromatic N) is 1. The van der Waals surface area contributed by atoms with Crippen LogP contribution in [0.1, 0.15) is 44.3 Å². The second-order valence-electron chi connectivity index (χ2n) is 5.02. The van der Waals surface area contributed by atoms with E-state index in [2.05, 4.69) is 15.6 Å². The maximum absolute atomic E-state index is 12.7. The van der Waals surface area contributed by atoms with Gasteiger partial charge in [-0.15, -0.1) is 0 Å². The number of carbonyl (C=O) groups excluding carboxylic acids is 1. The standard InChI is InChI=1S/C14H20FN3O/c1-10(13-7-4-11(15)9-17-13)16-8-2-3-14(19)18-12-5-6-12/h4,7,9-10,12,16H,2-3,5-6,8H2,1H3,(H,18,19). The normalized spacial score (nSPS) is 16.1. The molecule has 1 heterocycles. The second kappa shape index (κ2) is 6.61. The summed E-state index contributed by atoms with van der Waals surface area (Å²) in [6, 6.07) is 3.58. The van der Waals surface area contributed by atoms with E-state index in [1.54, 1.807) is 6.07 Å². The molecule has 1 amide bonds. The van der Waals surface area contributed by atoms with Gasteiger partial charge in [-0.25, -0.2) is 4.39 Å². The number of hydrogen-bond donors (Lipinski definition) is 2. The lowest BCUT2D eigenvalue weighted by molar-refractivity contribution is -0.121. The fourth-order valence-corrected chi connectivity index (χ4v) is 1.84. The van der Waals surface area contributed by atoms with Crippen LogP contribution in [0, 0.1) is 5.82 Å². The van der Waals surface area contributed by atoms with Crippen molar-refractivity contribution in [2.24, 2.45) is 0 Å². The number of amides is 1. The van der Waals surface area contributed by atoms with E-state index in [4.69, 9.17) is 0 Å². The van der Waals surface area contributed by atoms with Crippen molar-refractivity contribution in [3.63, 3.8) is 0 Å². The zero-order valence-electron chi connectivity index (χ0n) is 11.2. The van der Waals surface area contributed by atoms with Gasteiger partial charge in [0.2, 0.25) is 5.91 Å². The molecule has 0 aliphatic heterocycles. The highest BCUT2D eigenvalue weighted by molar-refractivity contribution is 5.76. The lowest BCUT2D eigenvalue weighted by Crippen LogP contribution is -2.27. The van der Waals surface area contributed by atoms with Crippen LogP contribution < -0.4 is 10.6 Å². The van der Waals surface area contributed by atoms with Crippen molar-refractivity contribution in [2.45, 2.75) is 44.7 Å². The van der Waals surface area contributed by atoms with Crippen LogP contribution in [0.5, 0.6) is 0 Å². The highest BCUT2D eigenvalue weighted by Gasteiger charge is 2.22. The number of aromatic nitrogens is 1. The van der Waals surface area contributed by atoms with Gasteiger partial charge in [0.05, 0.1) is 11.9 Å². The topological polar surface area (TPSA) is 54.0 Å². The molecule has 4 nitrogen and oxygen atoms in total. The molecule has 1 aromatic heterocycles. The van der Waals surface area contributed by atoms with E-state index in [1.165, 1.54) is 12.3 Å². The molecule has 5 heteroatoms. The van der Waals surface area contributed by atoms with Crippen LogP contribution in [0.2, 0.25) is 0 Å². The smallest absolute Gasteiger partial charge is 0.220 e. The summed E-state index contributed by atoms with van der Waals surface area (Å²) in [6.45, 7) is 2.73. The number of nitrogens with one attached hydrogen (secondary N) is 2. The van der Waals surface area contributed by atoms with Gasteiger partial charge in [0.15, 0.2) is 0 Å². The summed E-state index contributed by atoms with van der Waals surface area (Å²) in [7, 11) is 0. The minimum atomic E-state index is -0.326. The quantitative estimate of drug-likeness (QED) is 0.741. The van der Waals surface area contributed by atoms with E-state index in [9.17, 15) is 9.18 Å². The Labute approximate surface area is 112 Å². The summed E-state index contributed by atoms with van der Waals surface area (Å²) in [5.41, 5.74) is 0.809. The van der Waals surface area contributed by atoms with E-state index >= 15 is 0 Å². The van der Waals surface area contributed by atoms with E-state index in [1.807, 2.05) is 6.92 Å². The summed E-state index contributed by atoms with van der Waals surface area (Å²) in [5, 5.41) is 6.24. The van der Waals surface area contributed by atoms with Gasteiger partial charge in [-0.2, -0.15) is 0 Å². The van der Waals surface area contributed by atoms with Gasteiger partial charge in [-0.3, -0.25) is 9.78 Å². The minimum absolute atomic E-state index is 0.0621. The van der Waals surface area contributed by atoms with Gasteiger partial charge in [0, 0.05) is 18.5 Å². The monoisotopic (exact) mass is 265 g/mol. The average Bonchev–Trinajstić information content (AvgIpc) is 3.19. The fourth-order valence-electron chi connectivity index (χ4n) is 1.84. The summed E-state index contributed by atoms with van der Waals surface area (Å²) in [5.74, 6) is -0.190. The van der Waals surface area contributed by atoms with E-state index in [0.29, 0.717) is 12.5 Å². The van der Waals surface area contributed by atoms with Crippen molar-refractivity contribution in [3.8, 4) is 0 Å². The van der Waals surface area contributed by atoms with E-state index < -0.39 is 0 Å².